The van der Waals surface area contributed by atoms with E-state index in [9.17, 15) is 9.59 Å². The second-order valence-corrected chi connectivity index (χ2v) is 6.76. The lowest BCUT2D eigenvalue weighted by molar-refractivity contribution is -0.147. The molecule has 0 saturated heterocycles. The average molecular weight is 320 g/mol. The van der Waals surface area contributed by atoms with Crippen LogP contribution in [0.1, 0.15) is 29.9 Å². The number of hydrogen-bond donors (Lipinski definition) is 2. The van der Waals surface area contributed by atoms with Crippen molar-refractivity contribution in [1.82, 2.24) is 5.32 Å². The third-order valence-electron chi connectivity index (χ3n) is 2.41. The lowest BCUT2D eigenvalue weighted by Gasteiger charge is -2.18. The molecule has 1 rings (SSSR count). The first-order valence-electron chi connectivity index (χ1n) is 5.10. The highest BCUT2D eigenvalue weighted by Gasteiger charge is 2.26. The number of thiophene rings is 1. The standard InChI is InChI=1S/C11H14BrNO3S/c1-11(2,10(15)16)5-6-13-9(14)7-3-4-8(12)17-7/h3-4H,5-6H2,1-2H3,(H,13,14)(H,15,16). The van der Waals surface area contributed by atoms with Crippen LogP contribution < -0.4 is 5.32 Å². The minimum absolute atomic E-state index is 0.165. The van der Waals surface area contributed by atoms with E-state index >= 15 is 0 Å². The summed E-state index contributed by atoms with van der Waals surface area (Å²) < 4.78 is 0.897. The Labute approximate surface area is 112 Å². The van der Waals surface area contributed by atoms with Crippen molar-refractivity contribution in [3.05, 3.63) is 20.8 Å². The van der Waals surface area contributed by atoms with Crippen LogP contribution in [0.5, 0.6) is 0 Å². The molecule has 0 radical (unpaired) electrons. The van der Waals surface area contributed by atoms with E-state index < -0.39 is 11.4 Å². The Bertz CT molecular complexity index is 428. The number of rotatable bonds is 5. The van der Waals surface area contributed by atoms with Crippen LogP contribution in [0, 0.1) is 5.41 Å². The quantitative estimate of drug-likeness (QED) is 0.877. The van der Waals surface area contributed by atoms with Crippen molar-refractivity contribution in [3.8, 4) is 0 Å². The molecule has 1 aromatic rings. The van der Waals surface area contributed by atoms with Crippen LogP contribution >= 0.6 is 27.3 Å². The van der Waals surface area contributed by atoms with Gasteiger partial charge in [0.25, 0.3) is 5.91 Å². The zero-order valence-electron chi connectivity index (χ0n) is 9.62. The van der Waals surface area contributed by atoms with Gasteiger partial charge in [0, 0.05) is 6.54 Å². The summed E-state index contributed by atoms with van der Waals surface area (Å²) in [7, 11) is 0. The maximum Gasteiger partial charge on any atom is 0.309 e. The van der Waals surface area contributed by atoms with Crippen molar-refractivity contribution in [1.29, 1.82) is 0 Å². The molecular weight excluding hydrogens is 306 g/mol. The van der Waals surface area contributed by atoms with E-state index in [-0.39, 0.29) is 5.91 Å². The topological polar surface area (TPSA) is 66.4 Å². The lowest BCUT2D eigenvalue weighted by atomic mass is 9.90. The van der Waals surface area contributed by atoms with Crippen LogP contribution in [0.25, 0.3) is 0 Å². The molecule has 0 atom stereocenters. The molecule has 0 aliphatic heterocycles. The Hall–Kier alpha value is -0.880. The number of halogens is 1. The van der Waals surface area contributed by atoms with Gasteiger partial charge in [0.05, 0.1) is 14.1 Å². The zero-order chi connectivity index (χ0) is 13.1. The Balaban J connectivity index is 2.42. The van der Waals surface area contributed by atoms with Gasteiger partial charge in [-0.2, -0.15) is 0 Å². The van der Waals surface area contributed by atoms with E-state index in [1.807, 2.05) is 0 Å². The fourth-order valence-corrected chi connectivity index (χ4v) is 2.42. The van der Waals surface area contributed by atoms with E-state index in [2.05, 4.69) is 21.2 Å². The summed E-state index contributed by atoms with van der Waals surface area (Å²) in [5.74, 6) is -1.02. The molecule has 1 aromatic heterocycles. The van der Waals surface area contributed by atoms with Gasteiger partial charge in [-0.1, -0.05) is 0 Å². The predicted octanol–water partition coefficient (Wildman–Crippen LogP) is 2.74. The highest BCUT2D eigenvalue weighted by Crippen LogP contribution is 2.22. The lowest BCUT2D eigenvalue weighted by Crippen LogP contribution is -2.31. The van der Waals surface area contributed by atoms with Crippen LogP contribution in [0.3, 0.4) is 0 Å². The molecule has 2 N–H and O–H groups in total. The second-order valence-electron chi connectivity index (χ2n) is 4.30. The van der Waals surface area contributed by atoms with Crippen molar-refractivity contribution in [2.45, 2.75) is 20.3 Å². The largest absolute Gasteiger partial charge is 0.481 e. The summed E-state index contributed by atoms with van der Waals surface area (Å²) in [6.07, 6.45) is 0.403. The molecule has 1 heterocycles. The predicted molar refractivity (Wildman–Crippen MR) is 70.4 cm³/mol. The molecule has 4 nitrogen and oxygen atoms in total. The molecule has 0 bridgehead atoms. The molecule has 0 fully saturated rings. The third kappa shape index (κ3) is 4.12. The Morgan fingerprint density at radius 1 is 1.47 bits per heavy atom. The van der Waals surface area contributed by atoms with Crippen molar-refractivity contribution in [3.63, 3.8) is 0 Å². The summed E-state index contributed by atoms with van der Waals surface area (Å²) in [6, 6.07) is 3.53. The summed E-state index contributed by atoms with van der Waals surface area (Å²) in [6.45, 7) is 3.64. The number of aliphatic carboxylic acids is 1. The molecule has 0 spiro atoms. The normalized spacial score (nSPS) is 11.2. The van der Waals surface area contributed by atoms with Crippen LogP contribution in [0.15, 0.2) is 15.9 Å². The molecule has 94 valence electrons. The number of carbonyl (C=O) groups excluding carboxylic acids is 1. The monoisotopic (exact) mass is 319 g/mol. The van der Waals surface area contributed by atoms with E-state index in [1.165, 1.54) is 11.3 Å². The van der Waals surface area contributed by atoms with Gasteiger partial charge in [-0.3, -0.25) is 9.59 Å². The second kappa shape index (κ2) is 5.64. The highest BCUT2D eigenvalue weighted by molar-refractivity contribution is 9.11. The number of carboxylic acid groups (broad SMARTS) is 1. The third-order valence-corrected chi connectivity index (χ3v) is 4.03. The van der Waals surface area contributed by atoms with Gasteiger partial charge < -0.3 is 10.4 Å². The molecule has 17 heavy (non-hydrogen) atoms. The summed E-state index contributed by atoms with van der Waals surface area (Å²) in [5, 5.41) is 11.6. The van der Waals surface area contributed by atoms with Crippen molar-refractivity contribution in [2.75, 3.05) is 6.54 Å². The smallest absolute Gasteiger partial charge is 0.309 e. The Kier molecular flexibility index (Phi) is 4.70. The van der Waals surface area contributed by atoms with E-state index in [0.29, 0.717) is 17.8 Å². The maximum absolute atomic E-state index is 11.6. The molecule has 0 saturated carbocycles. The molecule has 0 aliphatic rings. The van der Waals surface area contributed by atoms with Crippen LogP contribution in [-0.4, -0.2) is 23.5 Å². The first-order valence-corrected chi connectivity index (χ1v) is 6.71. The highest BCUT2D eigenvalue weighted by atomic mass is 79.9. The summed E-state index contributed by atoms with van der Waals surface area (Å²) >= 11 is 4.63. The van der Waals surface area contributed by atoms with Crippen molar-refractivity contribution in [2.24, 2.45) is 5.41 Å². The number of carboxylic acids is 1. The van der Waals surface area contributed by atoms with Gasteiger partial charge in [-0.05, 0) is 48.3 Å². The average Bonchev–Trinajstić information content (AvgIpc) is 2.64. The van der Waals surface area contributed by atoms with E-state index in [0.717, 1.165) is 3.79 Å². The fourth-order valence-electron chi connectivity index (χ4n) is 1.12. The Morgan fingerprint density at radius 2 is 2.12 bits per heavy atom. The number of amides is 1. The summed E-state index contributed by atoms with van der Waals surface area (Å²) in [5.41, 5.74) is -0.816. The van der Waals surface area contributed by atoms with Crippen LogP contribution in [0.2, 0.25) is 0 Å². The number of carbonyl (C=O) groups is 2. The minimum Gasteiger partial charge on any atom is -0.481 e. The van der Waals surface area contributed by atoms with E-state index in [1.54, 1.807) is 26.0 Å². The van der Waals surface area contributed by atoms with Gasteiger partial charge in [-0.25, -0.2) is 0 Å². The maximum atomic E-state index is 11.6. The molecule has 0 aromatic carbocycles. The number of hydrogen-bond acceptors (Lipinski definition) is 3. The van der Waals surface area contributed by atoms with Gasteiger partial charge in [-0.15, -0.1) is 11.3 Å². The first kappa shape index (κ1) is 14.2. The van der Waals surface area contributed by atoms with E-state index in [4.69, 9.17) is 5.11 Å². The van der Waals surface area contributed by atoms with Gasteiger partial charge >= 0.3 is 5.97 Å². The number of nitrogens with one attached hydrogen (secondary N) is 1. The summed E-state index contributed by atoms with van der Waals surface area (Å²) in [4.78, 5) is 23.1. The fraction of sp³-hybridized carbons (Fsp3) is 0.455. The molecule has 6 heteroatoms. The molecular formula is C11H14BrNO3S. The van der Waals surface area contributed by atoms with Crippen LogP contribution in [-0.2, 0) is 4.79 Å². The van der Waals surface area contributed by atoms with Gasteiger partial charge in [0.1, 0.15) is 0 Å². The van der Waals surface area contributed by atoms with Gasteiger partial charge in [0.15, 0.2) is 0 Å². The first-order chi connectivity index (χ1) is 7.83. The molecule has 1 amide bonds. The van der Waals surface area contributed by atoms with Gasteiger partial charge in [0.2, 0.25) is 0 Å². The zero-order valence-corrected chi connectivity index (χ0v) is 12.0. The molecule has 0 unspecified atom stereocenters. The SMILES string of the molecule is CC(C)(CCNC(=O)c1ccc(Br)s1)C(=O)O. The molecule has 0 aliphatic carbocycles. The minimum atomic E-state index is -0.856. The van der Waals surface area contributed by atoms with Crippen molar-refractivity contribution >= 4 is 39.1 Å². The Morgan fingerprint density at radius 3 is 2.59 bits per heavy atom. The van der Waals surface area contributed by atoms with Crippen LogP contribution in [0.4, 0.5) is 0 Å². The van der Waals surface area contributed by atoms with Crippen molar-refractivity contribution < 1.29 is 14.7 Å².